The van der Waals surface area contributed by atoms with Crippen LogP contribution in [0.3, 0.4) is 0 Å². The summed E-state index contributed by atoms with van der Waals surface area (Å²) in [5.41, 5.74) is 0.746. The van der Waals surface area contributed by atoms with Crippen molar-refractivity contribution in [3.63, 3.8) is 0 Å². The molecule has 1 aliphatic heterocycles. The highest BCUT2D eigenvalue weighted by atomic mass is 19.1. The summed E-state index contributed by atoms with van der Waals surface area (Å²) in [6, 6.07) is 2.99. The summed E-state index contributed by atoms with van der Waals surface area (Å²) in [5, 5.41) is 0. The molecule has 1 aromatic carbocycles. The van der Waals surface area contributed by atoms with Gasteiger partial charge in [-0.1, -0.05) is 0 Å². The van der Waals surface area contributed by atoms with Crippen molar-refractivity contribution in [2.75, 3.05) is 25.7 Å². The molecule has 1 unspecified atom stereocenters. The molecule has 0 bridgehead atoms. The number of anilines is 1. The van der Waals surface area contributed by atoms with Crippen molar-refractivity contribution in [1.29, 1.82) is 0 Å². The number of hydrogen-bond donors (Lipinski definition) is 0. The molecule has 1 atom stereocenters. The zero-order chi connectivity index (χ0) is 17.8. The number of hydrogen-bond acceptors (Lipinski definition) is 5. The van der Waals surface area contributed by atoms with Crippen LogP contribution in [0.25, 0.3) is 0 Å². The molecule has 0 amide bonds. The van der Waals surface area contributed by atoms with Gasteiger partial charge in [-0.3, -0.25) is 9.78 Å². The fraction of sp³-hybridized carbons (Fsp3) is 0.333. The van der Waals surface area contributed by atoms with Crippen LogP contribution in [-0.4, -0.2) is 31.5 Å². The minimum absolute atomic E-state index is 0.0697. The minimum atomic E-state index is -0.809. The lowest BCUT2D eigenvalue weighted by atomic mass is 9.87. The first kappa shape index (κ1) is 15.8. The monoisotopic (exact) mass is 346 g/mol. The Bertz CT molecular complexity index is 859. The van der Waals surface area contributed by atoms with E-state index in [1.54, 1.807) is 12.4 Å². The van der Waals surface area contributed by atoms with Crippen LogP contribution in [0, 0.1) is 11.6 Å². The molecule has 2 aromatic rings. The summed E-state index contributed by atoms with van der Waals surface area (Å²) in [7, 11) is 2.61. The molecule has 0 radical (unpaired) electrons. The largest absolute Gasteiger partial charge is 0.493 e. The number of carbonyl (C=O) groups excluding carboxylic acids is 1. The van der Waals surface area contributed by atoms with Gasteiger partial charge in [0.2, 0.25) is 0 Å². The molecular formula is C18H16F2N2O3. The molecule has 2 aliphatic rings. The average molecular weight is 346 g/mol. The maximum absolute atomic E-state index is 14.8. The molecule has 1 aromatic heterocycles. The number of aromatic nitrogens is 1. The summed E-state index contributed by atoms with van der Waals surface area (Å²) in [6.45, 7) is 0.468. The van der Waals surface area contributed by atoms with E-state index >= 15 is 0 Å². The Morgan fingerprint density at radius 1 is 1.20 bits per heavy atom. The lowest BCUT2D eigenvalue weighted by Gasteiger charge is -2.35. The maximum atomic E-state index is 14.8. The predicted octanol–water partition coefficient (Wildman–Crippen LogP) is 2.61. The van der Waals surface area contributed by atoms with Gasteiger partial charge in [0.1, 0.15) is 11.5 Å². The van der Waals surface area contributed by atoms with Crippen LogP contribution in [0.4, 0.5) is 14.5 Å². The van der Waals surface area contributed by atoms with Crippen LogP contribution >= 0.6 is 0 Å². The maximum Gasteiger partial charge on any atom is 0.191 e. The van der Waals surface area contributed by atoms with E-state index in [1.165, 1.54) is 25.2 Å². The number of rotatable bonds is 3. The third-order valence-electron chi connectivity index (χ3n) is 4.98. The highest BCUT2D eigenvalue weighted by Crippen LogP contribution is 2.50. The summed E-state index contributed by atoms with van der Waals surface area (Å²) < 4.78 is 39.6. The van der Waals surface area contributed by atoms with Crippen molar-refractivity contribution >= 4 is 11.5 Å². The fourth-order valence-corrected chi connectivity index (χ4v) is 3.62. The summed E-state index contributed by atoms with van der Waals surface area (Å²) >= 11 is 0. The molecule has 1 aliphatic carbocycles. The van der Waals surface area contributed by atoms with E-state index in [2.05, 4.69) is 4.98 Å². The first-order chi connectivity index (χ1) is 12.0. The highest BCUT2D eigenvalue weighted by molar-refractivity contribution is 6.07. The molecule has 7 heteroatoms. The second-order valence-electron chi connectivity index (χ2n) is 6.33. The lowest BCUT2D eigenvalue weighted by molar-refractivity contribution is -0.111. The van der Waals surface area contributed by atoms with E-state index in [0.717, 1.165) is 11.1 Å². The molecule has 25 heavy (non-hydrogen) atoms. The fourth-order valence-electron chi connectivity index (χ4n) is 3.62. The van der Waals surface area contributed by atoms with Crippen LogP contribution in [0.2, 0.25) is 0 Å². The SMILES string of the molecule is COc1cc(OC)c(F)c(N2Cc3cnccc3C3(CC3=O)C2)c1F. The van der Waals surface area contributed by atoms with Crippen LogP contribution in [0.1, 0.15) is 17.5 Å². The molecule has 130 valence electrons. The number of nitrogens with zero attached hydrogens (tertiary/aromatic N) is 2. The third kappa shape index (κ3) is 2.18. The smallest absolute Gasteiger partial charge is 0.191 e. The van der Waals surface area contributed by atoms with Crippen molar-refractivity contribution < 1.29 is 23.0 Å². The standard InChI is InChI=1S/C18H16F2N2O3/c1-24-12-5-13(25-2)16(20)17(15(12)19)22-8-10-7-21-4-3-11(10)18(9-22)6-14(18)23/h3-5,7H,6,8-9H2,1-2H3. The number of carbonyl (C=O) groups is 1. The van der Waals surface area contributed by atoms with Gasteiger partial charge < -0.3 is 14.4 Å². The first-order valence-electron chi connectivity index (χ1n) is 7.83. The Labute approximate surface area is 143 Å². The molecule has 0 saturated heterocycles. The number of ether oxygens (including phenoxy) is 2. The van der Waals surface area contributed by atoms with Crippen LogP contribution in [0.15, 0.2) is 24.5 Å². The zero-order valence-electron chi connectivity index (χ0n) is 13.8. The van der Waals surface area contributed by atoms with Crippen LogP contribution in [0.5, 0.6) is 11.5 Å². The van der Waals surface area contributed by atoms with Crippen molar-refractivity contribution in [3.05, 3.63) is 47.3 Å². The predicted molar refractivity (Wildman–Crippen MR) is 86.1 cm³/mol. The molecule has 1 spiro atoms. The van der Waals surface area contributed by atoms with Gasteiger partial charge >= 0.3 is 0 Å². The molecule has 4 rings (SSSR count). The van der Waals surface area contributed by atoms with E-state index in [1.807, 2.05) is 6.07 Å². The van der Waals surface area contributed by atoms with Gasteiger partial charge in [0.25, 0.3) is 0 Å². The number of methoxy groups -OCH3 is 2. The van der Waals surface area contributed by atoms with Gasteiger partial charge in [0.15, 0.2) is 23.1 Å². The van der Waals surface area contributed by atoms with Crippen molar-refractivity contribution in [3.8, 4) is 11.5 Å². The molecule has 2 heterocycles. The third-order valence-corrected chi connectivity index (χ3v) is 4.98. The number of ketones is 1. The number of benzene rings is 1. The Morgan fingerprint density at radius 3 is 2.40 bits per heavy atom. The Morgan fingerprint density at radius 2 is 1.84 bits per heavy atom. The van der Waals surface area contributed by atoms with Crippen molar-refractivity contribution in [2.24, 2.45) is 0 Å². The van der Waals surface area contributed by atoms with Gasteiger partial charge in [0, 0.05) is 38.0 Å². The second-order valence-corrected chi connectivity index (χ2v) is 6.33. The lowest BCUT2D eigenvalue weighted by Crippen LogP contribution is -2.40. The van der Waals surface area contributed by atoms with Crippen LogP contribution < -0.4 is 14.4 Å². The van der Waals surface area contributed by atoms with E-state index in [9.17, 15) is 13.6 Å². The molecule has 0 N–H and O–H groups in total. The number of halogens is 2. The number of pyridine rings is 1. The topological polar surface area (TPSA) is 51.7 Å². The van der Waals surface area contributed by atoms with Gasteiger partial charge in [0.05, 0.1) is 19.6 Å². The Hall–Kier alpha value is -2.70. The zero-order valence-corrected chi connectivity index (χ0v) is 13.8. The van der Waals surface area contributed by atoms with E-state index in [4.69, 9.17) is 9.47 Å². The van der Waals surface area contributed by atoms with Crippen molar-refractivity contribution in [2.45, 2.75) is 18.4 Å². The molecule has 1 saturated carbocycles. The van der Waals surface area contributed by atoms with Gasteiger partial charge in [-0.25, -0.2) is 8.78 Å². The summed E-state index contributed by atoms with van der Waals surface area (Å²) in [6.07, 6.45) is 3.64. The van der Waals surface area contributed by atoms with E-state index < -0.39 is 17.0 Å². The second kappa shape index (κ2) is 5.40. The van der Waals surface area contributed by atoms with Gasteiger partial charge in [-0.15, -0.1) is 0 Å². The minimum Gasteiger partial charge on any atom is -0.493 e. The van der Waals surface area contributed by atoms with Crippen LogP contribution in [-0.2, 0) is 16.8 Å². The highest BCUT2D eigenvalue weighted by Gasteiger charge is 2.58. The summed E-state index contributed by atoms with van der Waals surface area (Å²) in [5.74, 6) is -1.77. The molecular weight excluding hydrogens is 330 g/mol. The van der Waals surface area contributed by atoms with E-state index in [0.29, 0.717) is 6.42 Å². The summed E-state index contributed by atoms with van der Waals surface area (Å²) in [4.78, 5) is 17.7. The van der Waals surface area contributed by atoms with Crippen molar-refractivity contribution in [1.82, 2.24) is 4.98 Å². The molecule has 1 fully saturated rings. The van der Waals surface area contributed by atoms with E-state index in [-0.39, 0.29) is 36.1 Å². The van der Waals surface area contributed by atoms with Gasteiger partial charge in [-0.2, -0.15) is 0 Å². The first-order valence-corrected chi connectivity index (χ1v) is 7.83. The Kier molecular flexibility index (Phi) is 3.42. The normalized spacial score (nSPS) is 21.3. The quantitative estimate of drug-likeness (QED) is 0.855. The average Bonchev–Trinajstić information content (AvgIpc) is 3.25. The number of fused-ring (bicyclic) bond motifs is 2. The molecule has 5 nitrogen and oxygen atoms in total. The number of Topliss-reactive ketones (excluding diaryl/α,β-unsaturated/α-hetero) is 1. The van der Waals surface area contributed by atoms with Gasteiger partial charge in [-0.05, 0) is 17.2 Å². The Balaban J connectivity index is 1.86.